The second-order valence-corrected chi connectivity index (χ2v) is 7.84. The number of fused-ring (bicyclic) bond motifs is 3. The van der Waals surface area contributed by atoms with Gasteiger partial charge < -0.3 is 5.32 Å². The lowest BCUT2D eigenvalue weighted by atomic mass is 10.1. The number of anilines is 1. The third-order valence-electron chi connectivity index (χ3n) is 4.53. The van der Waals surface area contributed by atoms with Crippen molar-refractivity contribution in [2.24, 2.45) is 0 Å². The summed E-state index contributed by atoms with van der Waals surface area (Å²) in [4.78, 5) is 34.6. The van der Waals surface area contributed by atoms with Crippen molar-refractivity contribution in [1.29, 1.82) is 0 Å². The molecule has 0 unspecified atom stereocenters. The molecule has 0 aliphatic carbocycles. The molecular formula is C20H15F3N4O2S. The number of amides is 1. The first-order chi connectivity index (χ1) is 14.1. The van der Waals surface area contributed by atoms with Gasteiger partial charge in [0, 0.05) is 16.8 Å². The number of halogens is 3. The fourth-order valence-electron chi connectivity index (χ4n) is 3.24. The quantitative estimate of drug-likeness (QED) is 0.524. The fourth-order valence-corrected chi connectivity index (χ4v) is 4.44. The maximum Gasteiger partial charge on any atom is 0.416 e. The molecule has 30 heavy (non-hydrogen) atoms. The number of nitrogens with one attached hydrogen (secondary N) is 1. The van der Waals surface area contributed by atoms with E-state index >= 15 is 0 Å². The summed E-state index contributed by atoms with van der Waals surface area (Å²) in [6, 6.07) is 6.21. The van der Waals surface area contributed by atoms with Gasteiger partial charge in [0.1, 0.15) is 16.1 Å². The van der Waals surface area contributed by atoms with E-state index in [0.717, 1.165) is 33.3 Å². The molecule has 1 N–H and O–H groups in total. The van der Waals surface area contributed by atoms with E-state index in [-0.39, 0.29) is 12.2 Å². The Morgan fingerprint density at radius 3 is 2.73 bits per heavy atom. The van der Waals surface area contributed by atoms with Crippen LogP contribution in [0.5, 0.6) is 0 Å². The van der Waals surface area contributed by atoms with E-state index in [0.29, 0.717) is 15.0 Å². The Bertz CT molecular complexity index is 1360. The van der Waals surface area contributed by atoms with Gasteiger partial charge in [-0.15, -0.1) is 11.3 Å². The van der Waals surface area contributed by atoms with Crippen LogP contribution in [0.15, 0.2) is 41.5 Å². The second-order valence-electron chi connectivity index (χ2n) is 6.84. The number of carbonyl (C=O) groups is 1. The Hall–Kier alpha value is -3.27. The first-order valence-electron chi connectivity index (χ1n) is 8.86. The highest BCUT2D eigenvalue weighted by Crippen LogP contribution is 2.32. The van der Waals surface area contributed by atoms with Crippen molar-refractivity contribution in [2.45, 2.75) is 26.6 Å². The molecule has 4 aromatic rings. The van der Waals surface area contributed by atoms with Gasteiger partial charge in [-0.1, -0.05) is 6.07 Å². The molecular weight excluding hydrogens is 417 g/mol. The van der Waals surface area contributed by atoms with E-state index in [9.17, 15) is 22.8 Å². The molecule has 3 aromatic heterocycles. The van der Waals surface area contributed by atoms with Gasteiger partial charge >= 0.3 is 6.18 Å². The van der Waals surface area contributed by atoms with Crippen LogP contribution >= 0.6 is 11.3 Å². The van der Waals surface area contributed by atoms with Gasteiger partial charge in [0.2, 0.25) is 5.91 Å². The predicted molar refractivity (Wildman–Crippen MR) is 109 cm³/mol. The summed E-state index contributed by atoms with van der Waals surface area (Å²) in [5.74, 6) is -0.635. The number of nitrogens with zero attached hydrogens (tertiary/aromatic N) is 3. The van der Waals surface area contributed by atoms with Crippen LogP contribution in [0.25, 0.3) is 20.4 Å². The summed E-state index contributed by atoms with van der Waals surface area (Å²) in [5.41, 5.74) is 1.03. The minimum Gasteiger partial charge on any atom is -0.325 e. The number of pyridine rings is 1. The van der Waals surface area contributed by atoms with Crippen molar-refractivity contribution >= 4 is 43.4 Å². The first-order valence-corrected chi connectivity index (χ1v) is 9.68. The van der Waals surface area contributed by atoms with E-state index in [4.69, 9.17) is 0 Å². The summed E-state index contributed by atoms with van der Waals surface area (Å²) in [7, 11) is 0. The number of aromatic nitrogens is 3. The Balaban J connectivity index is 1.64. The highest BCUT2D eigenvalue weighted by atomic mass is 32.1. The Morgan fingerprint density at radius 1 is 1.23 bits per heavy atom. The fraction of sp³-hybridized carbons (Fsp3) is 0.200. The van der Waals surface area contributed by atoms with E-state index in [1.807, 2.05) is 19.9 Å². The van der Waals surface area contributed by atoms with Crippen LogP contribution in [0.1, 0.15) is 16.8 Å². The third kappa shape index (κ3) is 3.65. The minimum atomic E-state index is -4.52. The van der Waals surface area contributed by atoms with E-state index in [1.165, 1.54) is 29.8 Å². The Labute approximate surface area is 172 Å². The number of alkyl halides is 3. The topological polar surface area (TPSA) is 76.9 Å². The number of thiophene rings is 1. The van der Waals surface area contributed by atoms with Gasteiger partial charge in [-0.25, -0.2) is 9.97 Å². The predicted octanol–water partition coefficient (Wildman–Crippen LogP) is 4.28. The highest BCUT2D eigenvalue weighted by molar-refractivity contribution is 7.25. The molecule has 0 radical (unpaired) electrons. The zero-order valence-electron chi connectivity index (χ0n) is 15.9. The number of hydrogen-bond donors (Lipinski definition) is 1. The molecule has 0 aliphatic heterocycles. The molecule has 0 saturated carbocycles. The van der Waals surface area contributed by atoms with E-state index in [2.05, 4.69) is 15.3 Å². The average molecular weight is 432 g/mol. The third-order valence-corrected chi connectivity index (χ3v) is 5.59. The van der Waals surface area contributed by atoms with Crippen LogP contribution in [0.3, 0.4) is 0 Å². The van der Waals surface area contributed by atoms with Crippen LogP contribution < -0.4 is 10.9 Å². The molecule has 1 amide bonds. The molecule has 4 rings (SSSR count). The second kappa shape index (κ2) is 7.21. The summed E-state index contributed by atoms with van der Waals surface area (Å²) in [6.07, 6.45) is -3.25. The summed E-state index contributed by atoms with van der Waals surface area (Å²) in [6.45, 7) is 3.40. The normalized spacial score (nSPS) is 11.9. The van der Waals surface area contributed by atoms with Crippen molar-refractivity contribution in [3.63, 3.8) is 0 Å². The highest BCUT2D eigenvalue weighted by Gasteiger charge is 2.30. The molecule has 1 aromatic carbocycles. The van der Waals surface area contributed by atoms with Crippen LogP contribution in [0, 0.1) is 13.8 Å². The van der Waals surface area contributed by atoms with Gasteiger partial charge in [0.05, 0.1) is 17.4 Å². The summed E-state index contributed by atoms with van der Waals surface area (Å²) in [5, 5.41) is 3.19. The van der Waals surface area contributed by atoms with Crippen molar-refractivity contribution in [2.75, 3.05) is 5.32 Å². The maximum atomic E-state index is 12.8. The van der Waals surface area contributed by atoms with Crippen LogP contribution in [-0.4, -0.2) is 20.4 Å². The van der Waals surface area contributed by atoms with Gasteiger partial charge in [0.15, 0.2) is 0 Å². The lowest BCUT2D eigenvalue weighted by Crippen LogP contribution is -2.27. The van der Waals surface area contributed by atoms with Gasteiger partial charge in [0.25, 0.3) is 5.56 Å². The lowest BCUT2D eigenvalue weighted by molar-refractivity contribution is -0.137. The lowest BCUT2D eigenvalue weighted by Gasteiger charge is -2.10. The zero-order chi connectivity index (χ0) is 21.6. The minimum absolute atomic E-state index is 0.00549. The SMILES string of the molecule is Cc1cc(C)c2c(n1)sc1c(=O)n(CC(=O)Nc3cccc(C(F)(F)F)c3)cnc12. The average Bonchev–Trinajstić information content (AvgIpc) is 3.03. The molecule has 0 aliphatic rings. The van der Waals surface area contributed by atoms with Gasteiger partial charge in [-0.05, 0) is 43.7 Å². The number of carbonyl (C=O) groups excluding carboxylic acids is 1. The van der Waals surface area contributed by atoms with E-state index < -0.39 is 23.2 Å². The van der Waals surface area contributed by atoms with Gasteiger partial charge in [-0.3, -0.25) is 14.2 Å². The number of benzene rings is 1. The molecule has 0 atom stereocenters. The van der Waals surface area contributed by atoms with Crippen molar-refractivity contribution in [3.8, 4) is 0 Å². The molecule has 0 bridgehead atoms. The number of hydrogen-bond acceptors (Lipinski definition) is 5. The van der Waals surface area contributed by atoms with Crippen molar-refractivity contribution < 1.29 is 18.0 Å². The Morgan fingerprint density at radius 2 is 2.00 bits per heavy atom. The smallest absolute Gasteiger partial charge is 0.325 e. The van der Waals surface area contributed by atoms with Crippen LogP contribution in [0.2, 0.25) is 0 Å². The van der Waals surface area contributed by atoms with Gasteiger partial charge in [-0.2, -0.15) is 13.2 Å². The van der Waals surface area contributed by atoms with Crippen molar-refractivity contribution in [3.05, 3.63) is 63.8 Å². The van der Waals surface area contributed by atoms with Crippen LogP contribution in [0.4, 0.5) is 18.9 Å². The standard InChI is InChI=1S/C20H15F3N4O2S/c1-10-6-11(2)25-18-15(10)16-17(30-18)19(29)27(9-24-16)8-14(28)26-13-5-3-4-12(7-13)20(21,22)23/h3-7,9H,8H2,1-2H3,(H,26,28). The molecule has 3 heterocycles. The van der Waals surface area contributed by atoms with E-state index in [1.54, 1.807) is 0 Å². The molecule has 10 heteroatoms. The zero-order valence-corrected chi connectivity index (χ0v) is 16.7. The summed E-state index contributed by atoms with van der Waals surface area (Å²) >= 11 is 1.20. The maximum absolute atomic E-state index is 12.8. The Kier molecular flexibility index (Phi) is 4.81. The number of rotatable bonds is 3. The largest absolute Gasteiger partial charge is 0.416 e. The van der Waals surface area contributed by atoms with Crippen molar-refractivity contribution in [1.82, 2.24) is 14.5 Å². The summed E-state index contributed by atoms with van der Waals surface area (Å²) < 4.78 is 40.0. The first kappa shape index (κ1) is 20.0. The molecule has 0 spiro atoms. The molecule has 154 valence electrons. The molecule has 0 fully saturated rings. The van der Waals surface area contributed by atoms with Crippen LogP contribution in [-0.2, 0) is 17.5 Å². The molecule has 6 nitrogen and oxygen atoms in total. The number of aryl methyl sites for hydroxylation is 2. The monoisotopic (exact) mass is 432 g/mol. The molecule has 0 saturated heterocycles.